The summed E-state index contributed by atoms with van der Waals surface area (Å²) in [5, 5.41) is 13.1. The number of hydrogen-bond acceptors (Lipinski definition) is 5. The molecule has 2 fully saturated rings. The van der Waals surface area contributed by atoms with Crippen molar-refractivity contribution in [3.8, 4) is 16.9 Å². The minimum Gasteiger partial charge on any atom is -0.491 e. The number of carbonyl (C=O) groups is 1. The van der Waals surface area contributed by atoms with E-state index in [0.29, 0.717) is 50.5 Å². The molecule has 1 saturated heterocycles. The molecule has 172 valence electrons. The Labute approximate surface area is 187 Å². The first-order valence-electron chi connectivity index (χ1n) is 11.2. The van der Waals surface area contributed by atoms with Gasteiger partial charge in [0.1, 0.15) is 5.54 Å². The van der Waals surface area contributed by atoms with Crippen molar-refractivity contribution >= 4 is 11.7 Å². The Balaban J connectivity index is 1.71. The average Bonchev–Trinajstić information content (AvgIpc) is 3.60. The number of nitrogens with one attached hydrogen (secondary N) is 1. The number of halogens is 1. The first-order chi connectivity index (χ1) is 15.4. The molecule has 1 aliphatic heterocycles. The van der Waals surface area contributed by atoms with Crippen LogP contribution in [0.15, 0.2) is 30.3 Å². The van der Waals surface area contributed by atoms with Gasteiger partial charge in [-0.25, -0.2) is 9.18 Å². The molecule has 1 aliphatic carbocycles. The highest BCUT2D eigenvalue weighted by molar-refractivity contribution is 5.83. The van der Waals surface area contributed by atoms with Crippen molar-refractivity contribution in [3.05, 3.63) is 47.3 Å². The fourth-order valence-corrected chi connectivity index (χ4v) is 4.08. The summed E-state index contributed by atoms with van der Waals surface area (Å²) in [5.41, 5.74) is 2.47. The summed E-state index contributed by atoms with van der Waals surface area (Å²) < 4.78 is 32.1. The van der Waals surface area contributed by atoms with Gasteiger partial charge >= 0.3 is 5.97 Å². The predicted molar refractivity (Wildman–Crippen MR) is 120 cm³/mol. The fourth-order valence-electron chi connectivity index (χ4n) is 4.08. The monoisotopic (exact) mass is 443 g/mol. The van der Waals surface area contributed by atoms with E-state index < -0.39 is 17.3 Å². The third-order valence-corrected chi connectivity index (χ3v) is 6.02. The normalized spacial score (nSPS) is 17.7. The van der Waals surface area contributed by atoms with Crippen LogP contribution in [0.1, 0.15) is 43.7 Å². The van der Waals surface area contributed by atoms with Gasteiger partial charge in [0, 0.05) is 37.3 Å². The summed E-state index contributed by atoms with van der Waals surface area (Å²) in [7, 11) is 0. The van der Waals surface area contributed by atoms with Gasteiger partial charge in [-0.15, -0.1) is 0 Å². The molecular formula is C25H30FNO5. The summed E-state index contributed by atoms with van der Waals surface area (Å²) in [5.74, 6) is -1.07. The van der Waals surface area contributed by atoms with Gasteiger partial charge in [0.2, 0.25) is 0 Å². The van der Waals surface area contributed by atoms with Crippen molar-refractivity contribution in [2.24, 2.45) is 0 Å². The van der Waals surface area contributed by atoms with E-state index in [9.17, 15) is 9.90 Å². The molecule has 6 nitrogen and oxygen atoms in total. The van der Waals surface area contributed by atoms with Gasteiger partial charge in [-0.3, -0.25) is 0 Å². The Kier molecular flexibility index (Phi) is 6.67. The van der Waals surface area contributed by atoms with Crippen LogP contribution in [-0.2, 0) is 20.9 Å². The first kappa shape index (κ1) is 22.6. The van der Waals surface area contributed by atoms with Crippen molar-refractivity contribution in [1.29, 1.82) is 0 Å². The molecule has 4 rings (SSSR count). The van der Waals surface area contributed by atoms with Crippen molar-refractivity contribution in [2.45, 2.75) is 57.8 Å². The smallest absolute Gasteiger partial charge is 0.329 e. The van der Waals surface area contributed by atoms with Gasteiger partial charge in [0.25, 0.3) is 0 Å². The van der Waals surface area contributed by atoms with E-state index in [4.69, 9.17) is 14.2 Å². The maximum atomic E-state index is 15.3. The lowest BCUT2D eigenvalue weighted by atomic mass is 9.89. The van der Waals surface area contributed by atoms with Gasteiger partial charge in [-0.2, -0.15) is 0 Å². The zero-order chi connectivity index (χ0) is 22.7. The van der Waals surface area contributed by atoms with Crippen LogP contribution in [0.2, 0.25) is 0 Å². The minimum atomic E-state index is -1.08. The molecular weight excluding hydrogens is 413 g/mol. The van der Waals surface area contributed by atoms with E-state index in [1.165, 1.54) is 0 Å². The average molecular weight is 444 g/mol. The lowest BCUT2D eigenvalue weighted by molar-refractivity contribution is -0.145. The highest BCUT2D eigenvalue weighted by atomic mass is 19.1. The van der Waals surface area contributed by atoms with Crippen LogP contribution in [0.5, 0.6) is 5.75 Å². The second kappa shape index (κ2) is 9.46. The second-order valence-electron chi connectivity index (χ2n) is 8.56. The maximum absolute atomic E-state index is 15.3. The molecule has 7 heteroatoms. The van der Waals surface area contributed by atoms with Gasteiger partial charge in [-0.1, -0.05) is 6.07 Å². The molecule has 0 atom stereocenters. The van der Waals surface area contributed by atoms with Crippen LogP contribution in [0, 0.1) is 12.7 Å². The molecule has 1 saturated carbocycles. The molecule has 1 heterocycles. The van der Waals surface area contributed by atoms with Gasteiger partial charge in [0.15, 0.2) is 11.6 Å². The molecule has 0 bridgehead atoms. The molecule has 0 aromatic heterocycles. The van der Waals surface area contributed by atoms with Gasteiger partial charge in [-0.05, 0) is 67.6 Å². The summed E-state index contributed by atoms with van der Waals surface area (Å²) >= 11 is 0. The van der Waals surface area contributed by atoms with Crippen molar-refractivity contribution in [2.75, 3.05) is 25.1 Å². The predicted octanol–water partition coefficient (Wildman–Crippen LogP) is 4.92. The fraction of sp³-hybridized carbons (Fsp3) is 0.480. The van der Waals surface area contributed by atoms with Crippen LogP contribution < -0.4 is 10.1 Å². The molecule has 2 aromatic carbocycles. The number of carboxylic acids is 1. The second-order valence-corrected chi connectivity index (χ2v) is 8.56. The van der Waals surface area contributed by atoms with Crippen LogP contribution in [0.3, 0.4) is 0 Å². The number of rotatable bonds is 9. The van der Waals surface area contributed by atoms with E-state index in [0.717, 1.165) is 29.5 Å². The summed E-state index contributed by atoms with van der Waals surface area (Å²) in [4.78, 5) is 12.1. The Bertz CT molecular complexity index is 983. The summed E-state index contributed by atoms with van der Waals surface area (Å²) in [6.45, 7) is 5.22. The number of benzene rings is 2. The Morgan fingerprint density at radius 1 is 1.22 bits per heavy atom. The molecule has 0 unspecified atom stereocenters. The zero-order valence-corrected chi connectivity index (χ0v) is 18.6. The number of ether oxygens (including phenoxy) is 3. The molecule has 0 amide bonds. The van der Waals surface area contributed by atoms with E-state index in [-0.39, 0.29) is 11.9 Å². The molecule has 2 N–H and O–H groups in total. The Hall–Kier alpha value is -2.64. The van der Waals surface area contributed by atoms with Crippen LogP contribution >= 0.6 is 0 Å². The topological polar surface area (TPSA) is 77.0 Å². The van der Waals surface area contributed by atoms with Crippen LogP contribution in [-0.4, -0.2) is 42.5 Å². The van der Waals surface area contributed by atoms with E-state index in [1.54, 1.807) is 18.2 Å². The van der Waals surface area contributed by atoms with Crippen molar-refractivity contribution < 1.29 is 28.5 Å². The first-order valence-corrected chi connectivity index (χ1v) is 11.2. The summed E-state index contributed by atoms with van der Waals surface area (Å²) in [6.07, 6.45) is 3.05. The molecule has 0 spiro atoms. The number of carboxylic acid groups (broad SMARTS) is 1. The molecule has 2 aromatic rings. The molecule has 0 radical (unpaired) electrons. The Morgan fingerprint density at radius 3 is 2.62 bits per heavy atom. The largest absolute Gasteiger partial charge is 0.491 e. The quantitative estimate of drug-likeness (QED) is 0.573. The zero-order valence-electron chi connectivity index (χ0n) is 18.6. The number of aliphatic carboxylic acids is 1. The number of anilines is 1. The van der Waals surface area contributed by atoms with E-state index >= 15 is 4.39 Å². The van der Waals surface area contributed by atoms with Crippen LogP contribution in [0.25, 0.3) is 11.1 Å². The van der Waals surface area contributed by atoms with E-state index in [1.807, 2.05) is 26.0 Å². The van der Waals surface area contributed by atoms with Gasteiger partial charge < -0.3 is 24.6 Å². The highest BCUT2D eigenvalue weighted by Gasteiger charge is 2.40. The van der Waals surface area contributed by atoms with Gasteiger partial charge in [0.05, 0.1) is 19.3 Å². The standard InChI is InChI=1S/C25H30FNO5/c1-3-31-22-13-16(2)12-21(23(22)26)20-7-4-18(14-17(20)15-32-19-5-6-19)27-25(24(28)29)8-10-30-11-9-25/h4,7,12-14,19,27H,3,5-6,8-11,15H2,1-2H3,(H,28,29). The Morgan fingerprint density at radius 2 is 1.97 bits per heavy atom. The number of hydrogen-bond donors (Lipinski definition) is 2. The SMILES string of the molecule is CCOc1cc(C)cc(-c2ccc(NC3(C(=O)O)CCOCC3)cc2COC2CC2)c1F. The minimum absolute atomic E-state index is 0.228. The van der Waals surface area contributed by atoms with Crippen molar-refractivity contribution in [3.63, 3.8) is 0 Å². The highest BCUT2D eigenvalue weighted by Crippen LogP contribution is 2.36. The lowest BCUT2D eigenvalue weighted by Gasteiger charge is -2.35. The third-order valence-electron chi connectivity index (χ3n) is 6.02. The number of aryl methyl sites for hydroxylation is 1. The van der Waals surface area contributed by atoms with E-state index in [2.05, 4.69) is 5.32 Å². The summed E-state index contributed by atoms with van der Waals surface area (Å²) in [6, 6.07) is 9.01. The molecule has 2 aliphatic rings. The molecule has 32 heavy (non-hydrogen) atoms. The lowest BCUT2D eigenvalue weighted by Crippen LogP contribution is -2.50. The third kappa shape index (κ3) is 4.89. The van der Waals surface area contributed by atoms with Crippen molar-refractivity contribution in [1.82, 2.24) is 0 Å². The maximum Gasteiger partial charge on any atom is 0.329 e. The van der Waals surface area contributed by atoms with Crippen LogP contribution in [0.4, 0.5) is 10.1 Å².